The fourth-order valence-electron chi connectivity index (χ4n) is 3.06. The van der Waals surface area contributed by atoms with Gasteiger partial charge in [0, 0.05) is 12.0 Å². The molecule has 0 spiro atoms. The summed E-state index contributed by atoms with van der Waals surface area (Å²) in [6, 6.07) is 14.0. The third-order valence-corrected chi connectivity index (χ3v) is 4.39. The first-order valence-corrected chi connectivity index (χ1v) is 8.29. The number of ether oxygens (including phenoxy) is 1. The van der Waals surface area contributed by atoms with Crippen LogP contribution in [-0.4, -0.2) is 24.7 Å². The van der Waals surface area contributed by atoms with E-state index < -0.39 is 0 Å². The molecule has 1 saturated heterocycles. The zero-order valence-electron chi connectivity index (χ0n) is 14.3. The summed E-state index contributed by atoms with van der Waals surface area (Å²) in [6.07, 6.45) is -0.298. The number of nitrogens with one attached hydrogen (secondary N) is 3. The van der Waals surface area contributed by atoms with Crippen LogP contribution >= 0.6 is 0 Å². The Morgan fingerprint density at radius 2 is 1.88 bits per heavy atom. The van der Waals surface area contributed by atoms with Crippen LogP contribution < -0.4 is 20.9 Å². The quantitative estimate of drug-likeness (QED) is 0.779. The van der Waals surface area contributed by atoms with Crippen molar-refractivity contribution in [1.29, 1.82) is 0 Å². The number of carbonyl (C=O) groups is 1. The largest absolute Gasteiger partial charge is 0.484 e. The number of halogens is 1. The second kappa shape index (κ2) is 7.63. The van der Waals surface area contributed by atoms with E-state index in [1.54, 1.807) is 12.1 Å². The number of rotatable bonds is 5. The molecule has 0 bridgehead atoms. The molecule has 5 nitrogen and oxygen atoms in total. The van der Waals surface area contributed by atoms with Gasteiger partial charge in [0.2, 0.25) is 0 Å². The fourth-order valence-corrected chi connectivity index (χ4v) is 3.06. The average Bonchev–Trinajstić information content (AvgIpc) is 2.95. The Kier molecular flexibility index (Phi) is 5.31. The molecule has 3 N–H and O–H groups in total. The summed E-state index contributed by atoms with van der Waals surface area (Å²) in [4.78, 5) is 12.3. The molecule has 3 atom stereocenters. The number of hydrogen-bond acceptors (Lipinski definition) is 4. The molecular formula is C19H22FN3O2. The van der Waals surface area contributed by atoms with E-state index in [9.17, 15) is 9.18 Å². The highest BCUT2D eigenvalue weighted by molar-refractivity contribution is 5.78. The SMILES string of the molecule is Cc1ccccc1OCC(=O)NC1NNC(C)C1c1ccc(F)cc1. The molecule has 132 valence electrons. The van der Waals surface area contributed by atoms with Crippen molar-refractivity contribution in [2.75, 3.05) is 6.61 Å². The normalized spacial score (nSPS) is 22.6. The van der Waals surface area contributed by atoms with Gasteiger partial charge in [0.25, 0.3) is 5.91 Å². The van der Waals surface area contributed by atoms with Crippen molar-refractivity contribution in [3.8, 4) is 5.75 Å². The van der Waals surface area contributed by atoms with Gasteiger partial charge in [-0.25, -0.2) is 9.82 Å². The van der Waals surface area contributed by atoms with E-state index >= 15 is 0 Å². The van der Waals surface area contributed by atoms with Crippen LogP contribution in [0.1, 0.15) is 24.0 Å². The topological polar surface area (TPSA) is 62.4 Å². The van der Waals surface area contributed by atoms with Gasteiger partial charge in [-0.2, -0.15) is 0 Å². The minimum atomic E-state index is -0.298. The molecule has 0 saturated carbocycles. The lowest BCUT2D eigenvalue weighted by molar-refractivity contribution is -0.124. The van der Waals surface area contributed by atoms with Crippen LogP contribution in [0.3, 0.4) is 0 Å². The molecule has 3 unspecified atom stereocenters. The van der Waals surface area contributed by atoms with Gasteiger partial charge in [-0.3, -0.25) is 10.2 Å². The second-order valence-corrected chi connectivity index (χ2v) is 6.25. The standard InChI is InChI=1S/C19H22FN3O2/c1-12-5-3-4-6-16(12)25-11-17(24)21-19-18(13(2)22-23-19)14-7-9-15(20)10-8-14/h3-10,13,18-19,22-23H,11H2,1-2H3,(H,21,24). The van der Waals surface area contributed by atoms with E-state index in [4.69, 9.17) is 4.74 Å². The van der Waals surface area contributed by atoms with Crippen molar-refractivity contribution in [2.24, 2.45) is 0 Å². The Hall–Kier alpha value is -2.44. The van der Waals surface area contributed by atoms with Gasteiger partial charge in [-0.05, 0) is 43.2 Å². The summed E-state index contributed by atoms with van der Waals surface area (Å²) in [7, 11) is 0. The van der Waals surface area contributed by atoms with E-state index in [1.165, 1.54) is 12.1 Å². The van der Waals surface area contributed by atoms with E-state index in [-0.39, 0.29) is 36.5 Å². The van der Waals surface area contributed by atoms with Crippen molar-refractivity contribution in [3.05, 3.63) is 65.5 Å². The summed E-state index contributed by atoms with van der Waals surface area (Å²) in [5.41, 5.74) is 8.14. The van der Waals surface area contributed by atoms with Gasteiger partial charge in [0.15, 0.2) is 6.61 Å². The summed E-state index contributed by atoms with van der Waals surface area (Å²) in [5.74, 6) is 0.188. The predicted molar refractivity (Wildman–Crippen MR) is 93.5 cm³/mol. The molecule has 3 rings (SSSR count). The maximum atomic E-state index is 13.2. The summed E-state index contributed by atoms with van der Waals surface area (Å²) in [6.45, 7) is 3.88. The first kappa shape index (κ1) is 17.4. The summed E-state index contributed by atoms with van der Waals surface area (Å²) in [5, 5.41) is 2.93. The molecule has 1 fully saturated rings. The minimum absolute atomic E-state index is 0.0111. The molecule has 2 aromatic carbocycles. The number of hydrogen-bond donors (Lipinski definition) is 3. The highest BCUT2D eigenvalue weighted by Gasteiger charge is 2.35. The molecule has 0 aliphatic carbocycles. The first-order chi connectivity index (χ1) is 12.0. The Balaban J connectivity index is 1.61. The lowest BCUT2D eigenvalue weighted by Gasteiger charge is -2.22. The lowest BCUT2D eigenvalue weighted by atomic mass is 9.91. The van der Waals surface area contributed by atoms with Crippen molar-refractivity contribution in [2.45, 2.75) is 32.0 Å². The maximum absolute atomic E-state index is 13.2. The smallest absolute Gasteiger partial charge is 0.259 e. The molecule has 2 aromatic rings. The molecule has 0 radical (unpaired) electrons. The van der Waals surface area contributed by atoms with Crippen LogP contribution in [0.2, 0.25) is 0 Å². The van der Waals surface area contributed by atoms with Crippen LogP contribution in [-0.2, 0) is 4.79 Å². The Morgan fingerprint density at radius 1 is 1.16 bits per heavy atom. The third-order valence-electron chi connectivity index (χ3n) is 4.39. The van der Waals surface area contributed by atoms with Gasteiger partial charge in [0.05, 0.1) is 0 Å². The third kappa shape index (κ3) is 4.15. The minimum Gasteiger partial charge on any atom is -0.484 e. The predicted octanol–water partition coefficient (Wildman–Crippen LogP) is 2.24. The van der Waals surface area contributed by atoms with Crippen LogP contribution in [0.5, 0.6) is 5.75 Å². The lowest BCUT2D eigenvalue weighted by Crippen LogP contribution is -2.47. The van der Waals surface area contributed by atoms with Gasteiger partial charge in [-0.1, -0.05) is 30.3 Å². The van der Waals surface area contributed by atoms with Crippen LogP contribution in [0.15, 0.2) is 48.5 Å². The monoisotopic (exact) mass is 343 g/mol. The van der Waals surface area contributed by atoms with Crippen LogP contribution in [0.25, 0.3) is 0 Å². The van der Waals surface area contributed by atoms with Crippen LogP contribution in [0, 0.1) is 12.7 Å². The van der Waals surface area contributed by atoms with Crippen LogP contribution in [0.4, 0.5) is 4.39 Å². The zero-order valence-corrected chi connectivity index (χ0v) is 14.3. The van der Waals surface area contributed by atoms with E-state index in [0.717, 1.165) is 11.1 Å². The molecule has 1 amide bonds. The fraction of sp³-hybridized carbons (Fsp3) is 0.316. The van der Waals surface area contributed by atoms with Crippen molar-refractivity contribution in [3.63, 3.8) is 0 Å². The van der Waals surface area contributed by atoms with E-state index in [2.05, 4.69) is 16.2 Å². The number of hydrazine groups is 1. The number of para-hydroxylation sites is 1. The molecule has 1 aliphatic rings. The summed E-state index contributed by atoms with van der Waals surface area (Å²) >= 11 is 0. The Labute approximate surface area is 146 Å². The van der Waals surface area contributed by atoms with Crippen molar-refractivity contribution >= 4 is 5.91 Å². The van der Waals surface area contributed by atoms with Gasteiger partial charge >= 0.3 is 0 Å². The second-order valence-electron chi connectivity index (χ2n) is 6.25. The number of benzene rings is 2. The Bertz CT molecular complexity index is 736. The molecule has 1 heterocycles. The number of amides is 1. The first-order valence-electron chi connectivity index (χ1n) is 8.29. The number of carbonyl (C=O) groups excluding carboxylic acids is 1. The summed E-state index contributed by atoms with van der Waals surface area (Å²) < 4.78 is 18.7. The molecule has 0 aromatic heterocycles. The van der Waals surface area contributed by atoms with Gasteiger partial charge in [-0.15, -0.1) is 0 Å². The van der Waals surface area contributed by atoms with Crippen molar-refractivity contribution in [1.82, 2.24) is 16.2 Å². The highest BCUT2D eigenvalue weighted by Crippen LogP contribution is 2.26. The van der Waals surface area contributed by atoms with E-state index in [0.29, 0.717) is 5.75 Å². The number of aryl methyl sites for hydroxylation is 1. The van der Waals surface area contributed by atoms with Gasteiger partial charge in [0.1, 0.15) is 17.7 Å². The zero-order chi connectivity index (χ0) is 17.8. The molecule has 25 heavy (non-hydrogen) atoms. The Morgan fingerprint density at radius 3 is 2.60 bits per heavy atom. The van der Waals surface area contributed by atoms with E-state index in [1.807, 2.05) is 38.1 Å². The highest BCUT2D eigenvalue weighted by atomic mass is 19.1. The maximum Gasteiger partial charge on any atom is 0.259 e. The molecular weight excluding hydrogens is 321 g/mol. The molecule has 6 heteroatoms. The molecule has 1 aliphatic heterocycles. The van der Waals surface area contributed by atoms with Gasteiger partial charge < -0.3 is 10.1 Å². The van der Waals surface area contributed by atoms with Crippen molar-refractivity contribution < 1.29 is 13.9 Å². The average molecular weight is 343 g/mol.